The molecule has 7 nitrogen and oxygen atoms in total. The van der Waals surface area contributed by atoms with Crippen LogP contribution >= 0.6 is 11.6 Å². The van der Waals surface area contributed by atoms with E-state index in [1.54, 1.807) is 0 Å². The Bertz CT molecular complexity index is 1180. The van der Waals surface area contributed by atoms with Crippen molar-refractivity contribution < 1.29 is 13.6 Å². The van der Waals surface area contributed by atoms with Crippen LogP contribution in [0.4, 0.5) is 8.78 Å². The first-order valence-corrected chi connectivity index (χ1v) is 10.6. The maximum Gasteiger partial charge on any atom is 0.349 e. The van der Waals surface area contributed by atoms with Crippen molar-refractivity contribution in [1.82, 2.24) is 20.1 Å². The van der Waals surface area contributed by atoms with Gasteiger partial charge in [0.15, 0.2) is 0 Å². The molecule has 1 aromatic carbocycles. The van der Waals surface area contributed by atoms with Crippen LogP contribution in [-0.2, 0) is 0 Å². The van der Waals surface area contributed by atoms with E-state index in [0.717, 1.165) is 10.9 Å². The van der Waals surface area contributed by atoms with Gasteiger partial charge < -0.3 is 5.32 Å². The monoisotopic (exact) mass is 450 g/mol. The van der Waals surface area contributed by atoms with Gasteiger partial charge in [0, 0.05) is 13.0 Å². The van der Waals surface area contributed by atoms with Crippen molar-refractivity contribution in [2.45, 2.75) is 49.9 Å². The van der Waals surface area contributed by atoms with E-state index in [0.29, 0.717) is 19.3 Å². The first-order chi connectivity index (χ1) is 14.6. The lowest BCUT2D eigenvalue weighted by Crippen LogP contribution is -2.62. The molecule has 0 radical (unpaired) electrons. The second-order valence-electron chi connectivity index (χ2n) is 9.51. The number of aromatic nitrogens is 3. The molecule has 164 valence electrons. The highest BCUT2D eigenvalue weighted by atomic mass is 35.5. The van der Waals surface area contributed by atoms with Gasteiger partial charge in [0.2, 0.25) is 0 Å². The Morgan fingerprint density at radius 3 is 2.55 bits per heavy atom. The van der Waals surface area contributed by atoms with Gasteiger partial charge in [0.1, 0.15) is 17.5 Å². The molecule has 1 heterocycles. The molecule has 2 unspecified atom stereocenters. The average Bonchev–Trinajstić information content (AvgIpc) is 2.64. The second kappa shape index (κ2) is 6.72. The Hall–Kier alpha value is -2.55. The number of amides is 1. The second-order valence-corrected chi connectivity index (χ2v) is 9.92. The van der Waals surface area contributed by atoms with E-state index in [9.17, 15) is 14.4 Å². The maximum atomic E-state index is 15.2. The van der Waals surface area contributed by atoms with Crippen molar-refractivity contribution in [3.63, 3.8) is 0 Å². The molecule has 2 aromatic rings. The zero-order valence-electron chi connectivity index (χ0n) is 16.6. The zero-order valence-corrected chi connectivity index (χ0v) is 17.3. The molecule has 4 saturated carbocycles. The summed E-state index contributed by atoms with van der Waals surface area (Å²) in [5, 5.41) is 6.74. The lowest BCUT2D eigenvalue weighted by Gasteiger charge is -2.61. The van der Waals surface area contributed by atoms with E-state index < -0.39 is 33.9 Å². The minimum absolute atomic E-state index is 0.00764. The molecule has 4 fully saturated rings. The third kappa shape index (κ3) is 3.58. The van der Waals surface area contributed by atoms with Crippen molar-refractivity contribution in [2.24, 2.45) is 11.3 Å². The number of alkyl halides is 2. The van der Waals surface area contributed by atoms with Gasteiger partial charge in [-0.15, -0.1) is 0 Å². The molecule has 4 aliphatic carbocycles. The Labute approximate surface area is 180 Å². The Morgan fingerprint density at radius 2 is 1.90 bits per heavy atom. The van der Waals surface area contributed by atoms with Gasteiger partial charge in [0.25, 0.3) is 11.5 Å². The van der Waals surface area contributed by atoms with Crippen molar-refractivity contribution >= 4 is 17.5 Å². The van der Waals surface area contributed by atoms with E-state index in [2.05, 4.69) is 15.4 Å². The van der Waals surface area contributed by atoms with Crippen LogP contribution in [0.25, 0.3) is 5.69 Å². The number of rotatable bonds is 4. The summed E-state index contributed by atoms with van der Waals surface area (Å²) in [7, 11) is 0. The number of H-pyrrole nitrogens is 1. The van der Waals surface area contributed by atoms with Crippen molar-refractivity contribution in [3.05, 3.63) is 55.8 Å². The number of nitrogens with one attached hydrogen (secondary N) is 2. The lowest BCUT2D eigenvalue weighted by atomic mass is 9.47. The third-order valence-electron chi connectivity index (χ3n) is 6.82. The minimum atomic E-state index is -1.49. The molecule has 6 rings (SSSR count). The van der Waals surface area contributed by atoms with E-state index in [1.807, 2.05) is 0 Å². The van der Waals surface area contributed by atoms with E-state index in [4.69, 9.17) is 11.6 Å². The summed E-state index contributed by atoms with van der Waals surface area (Å²) in [5.41, 5.74) is -4.62. The summed E-state index contributed by atoms with van der Waals surface area (Å²) < 4.78 is 31.2. The highest BCUT2D eigenvalue weighted by molar-refractivity contribution is 6.33. The number of carbonyl (C=O) groups excluding carboxylic acids is 1. The van der Waals surface area contributed by atoms with Crippen LogP contribution in [0, 0.1) is 11.3 Å². The summed E-state index contributed by atoms with van der Waals surface area (Å²) in [6, 6.07) is 4.32. The number of carbonyl (C=O) groups is 1. The van der Waals surface area contributed by atoms with Crippen LogP contribution in [0.3, 0.4) is 0 Å². The Balaban J connectivity index is 1.38. The molecular formula is C21H21ClF2N4O3. The summed E-state index contributed by atoms with van der Waals surface area (Å²) >= 11 is 6.20. The standard InChI is InChI=1S/C21H21ClF2N4O3/c22-15-2-1-13(28-18(31)27-16(29)7-26-28)3-14(15)17(30)25-11-19-4-12-5-20(23,8-19)10-21(24,6-12)9-19/h1-3,7,12H,4-6,8-11H2,(H,25,30)(H,27,29,31). The molecule has 1 amide bonds. The van der Waals surface area contributed by atoms with Gasteiger partial charge in [-0.2, -0.15) is 9.78 Å². The fourth-order valence-corrected chi connectivity index (χ4v) is 6.52. The van der Waals surface area contributed by atoms with Gasteiger partial charge in [-0.1, -0.05) is 11.6 Å². The molecule has 0 saturated heterocycles. The van der Waals surface area contributed by atoms with Gasteiger partial charge in [-0.25, -0.2) is 13.6 Å². The largest absolute Gasteiger partial charge is 0.351 e. The van der Waals surface area contributed by atoms with E-state index in [1.165, 1.54) is 18.2 Å². The Kier molecular flexibility index (Phi) is 4.41. The minimum Gasteiger partial charge on any atom is -0.351 e. The van der Waals surface area contributed by atoms with Gasteiger partial charge in [-0.3, -0.25) is 14.6 Å². The average molecular weight is 451 g/mol. The molecule has 2 atom stereocenters. The molecule has 0 aliphatic heterocycles. The number of hydrogen-bond acceptors (Lipinski definition) is 4. The number of aromatic amines is 1. The predicted octanol–water partition coefficient (Wildman–Crippen LogP) is 2.70. The molecule has 10 heteroatoms. The van der Waals surface area contributed by atoms with Crippen LogP contribution < -0.4 is 16.6 Å². The van der Waals surface area contributed by atoms with Gasteiger partial charge in [-0.05, 0) is 61.6 Å². The van der Waals surface area contributed by atoms with Crippen LogP contribution in [0.15, 0.2) is 34.0 Å². The fraction of sp³-hybridized carbons (Fsp3) is 0.524. The lowest BCUT2D eigenvalue weighted by molar-refractivity contribution is -0.172. The predicted molar refractivity (Wildman–Crippen MR) is 109 cm³/mol. The van der Waals surface area contributed by atoms with Crippen molar-refractivity contribution in [3.8, 4) is 5.69 Å². The topological polar surface area (TPSA) is 96.8 Å². The zero-order chi connectivity index (χ0) is 22.0. The summed E-state index contributed by atoms with van der Waals surface area (Å²) in [4.78, 5) is 38.2. The highest BCUT2D eigenvalue weighted by Gasteiger charge is 2.64. The molecule has 2 N–H and O–H groups in total. The summed E-state index contributed by atoms with van der Waals surface area (Å²) in [5.74, 6) is -0.492. The Morgan fingerprint density at radius 1 is 1.19 bits per heavy atom. The highest BCUT2D eigenvalue weighted by Crippen LogP contribution is 2.65. The number of halogens is 3. The van der Waals surface area contributed by atoms with E-state index >= 15 is 8.78 Å². The SMILES string of the molecule is O=C(NCC12CC3CC(F)(CC(F)(C3)C1)C2)c1cc(-n2ncc(=O)[nH]c2=O)ccc1Cl. The third-order valence-corrected chi connectivity index (χ3v) is 7.15. The first kappa shape index (κ1) is 20.4. The van der Waals surface area contributed by atoms with Crippen LogP contribution in [0.2, 0.25) is 5.02 Å². The van der Waals surface area contributed by atoms with E-state index in [-0.39, 0.29) is 48.0 Å². The number of hydrogen-bond donors (Lipinski definition) is 2. The molecule has 4 aliphatic rings. The quantitative estimate of drug-likeness (QED) is 0.748. The van der Waals surface area contributed by atoms with Gasteiger partial charge >= 0.3 is 5.69 Å². The summed E-state index contributed by atoms with van der Waals surface area (Å²) in [6.07, 6.45) is 2.94. The van der Waals surface area contributed by atoms with Gasteiger partial charge in [0.05, 0.1) is 16.3 Å². The maximum absolute atomic E-state index is 15.2. The van der Waals surface area contributed by atoms with Crippen molar-refractivity contribution in [2.75, 3.05) is 6.54 Å². The fourth-order valence-electron chi connectivity index (χ4n) is 6.31. The molecule has 4 bridgehead atoms. The molecule has 0 spiro atoms. The molecule has 31 heavy (non-hydrogen) atoms. The number of benzene rings is 1. The van der Waals surface area contributed by atoms with Crippen LogP contribution in [0.1, 0.15) is 48.9 Å². The normalized spacial score (nSPS) is 33.5. The number of nitrogens with zero attached hydrogens (tertiary/aromatic N) is 2. The summed E-state index contributed by atoms with van der Waals surface area (Å²) in [6.45, 7) is 0.164. The molecular weight excluding hydrogens is 430 g/mol. The van der Waals surface area contributed by atoms with Crippen LogP contribution in [-0.4, -0.2) is 38.6 Å². The smallest absolute Gasteiger partial charge is 0.349 e. The van der Waals surface area contributed by atoms with Crippen LogP contribution in [0.5, 0.6) is 0 Å². The first-order valence-electron chi connectivity index (χ1n) is 10.2. The van der Waals surface area contributed by atoms with Crippen molar-refractivity contribution in [1.29, 1.82) is 0 Å². The molecule has 1 aromatic heterocycles.